The van der Waals surface area contributed by atoms with Gasteiger partial charge in [-0.25, -0.2) is 4.99 Å². The van der Waals surface area contributed by atoms with E-state index in [1.807, 2.05) is 0 Å². The molecule has 4 N–H and O–H groups in total. The molecule has 2 rings (SSSR count). The highest BCUT2D eigenvalue weighted by atomic mass is 32.1. The highest BCUT2D eigenvalue weighted by Gasteiger charge is 2.13. The van der Waals surface area contributed by atoms with Gasteiger partial charge in [-0.1, -0.05) is 6.58 Å². The molecule has 1 aromatic rings. The van der Waals surface area contributed by atoms with Crippen LogP contribution in [-0.4, -0.2) is 22.9 Å². The number of phenolic OH excluding ortho intramolecular Hbond substituents is 1. The lowest BCUT2D eigenvalue weighted by molar-refractivity contribution is 0.472. The maximum Gasteiger partial charge on any atom is 0.149 e. The molecule has 0 unspecified atom stereocenters. The summed E-state index contributed by atoms with van der Waals surface area (Å²) in [7, 11) is 1.77. The number of benzene rings is 1. The minimum Gasteiger partial charge on any atom is -0.507 e. The van der Waals surface area contributed by atoms with Crippen molar-refractivity contribution >= 4 is 24.2 Å². The van der Waals surface area contributed by atoms with E-state index < -0.39 is 0 Å². The second-order valence-corrected chi connectivity index (χ2v) is 4.68. The molecule has 0 aromatic heterocycles. The monoisotopic (exact) mass is 288 g/mol. The van der Waals surface area contributed by atoms with E-state index in [1.165, 1.54) is 0 Å². The lowest BCUT2D eigenvalue weighted by atomic mass is 10.1. The smallest absolute Gasteiger partial charge is 0.149 e. The predicted molar refractivity (Wildman–Crippen MR) is 84.1 cm³/mol. The summed E-state index contributed by atoms with van der Waals surface area (Å²) in [6, 6.07) is 5.02. The molecular weight excluding hydrogens is 272 g/mol. The minimum absolute atomic E-state index is 0.0837. The minimum atomic E-state index is 0.0837. The number of nitrogens with two attached hydrogens (primary N) is 1. The van der Waals surface area contributed by atoms with Gasteiger partial charge >= 0.3 is 0 Å². The second kappa shape index (κ2) is 5.75. The Bertz CT molecular complexity index is 634. The summed E-state index contributed by atoms with van der Waals surface area (Å²) >= 11 is 4.16. The summed E-state index contributed by atoms with van der Waals surface area (Å²) in [5, 5.41) is 12.8. The van der Waals surface area contributed by atoms with Crippen molar-refractivity contribution in [3.05, 3.63) is 54.6 Å². The number of hydrogen-bond acceptors (Lipinski definition) is 6. The fraction of sp³-hybridized carbons (Fsp3) is 0.0714. The maximum absolute atomic E-state index is 9.89. The fourth-order valence-corrected chi connectivity index (χ4v) is 1.98. The number of aromatic hydroxyl groups is 1. The Labute approximate surface area is 123 Å². The molecule has 0 aliphatic carbocycles. The van der Waals surface area contributed by atoms with Crippen molar-refractivity contribution in [2.24, 2.45) is 10.7 Å². The van der Waals surface area contributed by atoms with E-state index in [2.05, 4.69) is 29.5 Å². The molecule has 0 fully saturated rings. The Kier molecular flexibility index (Phi) is 4.05. The first-order valence-corrected chi connectivity index (χ1v) is 6.37. The number of amidine groups is 1. The summed E-state index contributed by atoms with van der Waals surface area (Å²) in [5.41, 5.74) is 7.65. The zero-order valence-corrected chi connectivity index (χ0v) is 11.9. The summed E-state index contributed by atoms with van der Waals surface area (Å²) in [6.07, 6.45) is 5.05. The summed E-state index contributed by atoms with van der Waals surface area (Å²) in [6.45, 7) is 3.94. The number of nitrogens with one attached hydrogen (secondary N) is 1. The van der Waals surface area contributed by atoms with Crippen molar-refractivity contribution in [2.45, 2.75) is 4.90 Å². The number of rotatable bonds is 2. The van der Waals surface area contributed by atoms with Gasteiger partial charge in [0.2, 0.25) is 0 Å². The molecule has 104 valence electrons. The summed E-state index contributed by atoms with van der Waals surface area (Å²) < 4.78 is 0. The molecule has 0 amide bonds. The van der Waals surface area contributed by atoms with Gasteiger partial charge in [0.15, 0.2) is 0 Å². The molecular formula is C14H16N4OS. The predicted octanol–water partition coefficient (Wildman–Crippen LogP) is 1.86. The Morgan fingerprint density at radius 3 is 2.95 bits per heavy atom. The van der Waals surface area contributed by atoms with Crippen molar-refractivity contribution < 1.29 is 5.11 Å². The topological polar surface area (TPSA) is 73.9 Å². The molecule has 1 aromatic carbocycles. The van der Waals surface area contributed by atoms with Gasteiger partial charge in [-0.2, -0.15) is 0 Å². The van der Waals surface area contributed by atoms with Crippen LogP contribution in [0.25, 0.3) is 5.70 Å². The summed E-state index contributed by atoms with van der Waals surface area (Å²) in [4.78, 5) is 6.55. The van der Waals surface area contributed by atoms with Gasteiger partial charge in [-0.15, -0.1) is 12.6 Å². The van der Waals surface area contributed by atoms with Crippen LogP contribution in [0.15, 0.2) is 59.0 Å². The third kappa shape index (κ3) is 2.80. The zero-order valence-electron chi connectivity index (χ0n) is 11.0. The van der Waals surface area contributed by atoms with Crippen LogP contribution in [0.5, 0.6) is 5.75 Å². The fourth-order valence-electron chi connectivity index (χ4n) is 1.78. The van der Waals surface area contributed by atoms with Gasteiger partial charge in [0.25, 0.3) is 0 Å². The van der Waals surface area contributed by atoms with Crippen molar-refractivity contribution in [1.29, 1.82) is 0 Å². The quantitative estimate of drug-likeness (QED) is 0.627. The molecule has 6 heteroatoms. The van der Waals surface area contributed by atoms with E-state index in [-0.39, 0.29) is 5.75 Å². The highest BCUT2D eigenvalue weighted by molar-refractivity contribution is 7.80. The van der Waals surface area contributed by atoms with Gasteiger partial charge in [0, 0.05) is 36.1 Å². The number of nitrogens with zero attached hydrogens (tertiary/aromatic N) is 2. The van der Waals surface area contributed by atoms with Crippen molar-refractivity contribution in [2.75, 3.05) is 7.05 Å². The number of phenols is 1. The highest BCUT2D eigenvalue weighted by Crippen LogP contribution is 2.26. The van der Waals surface area contributed by atoms with Crippen LogP contribution in [0.4, 0.5) is 0 Å². The van der Waals surface area contributed by atoms with Crippen LogP contribution in [0.3, 0.4) is 0 Å². The van der Waals surface area contributed by atoms with Crippen LogP contribution >= 0.6 is 12.6 Å². The molecule has 0 bridgehead atoms. The Morgan fingerprint density at radius 2 is 2.30 bits per heavy atom. The van der Waals surface area contributed by atoms with E-state index in [0.29, 0.717) is 27.7 Å². The lowest BCUT2D eigenvalue weighted by Crippen LogP contribution is -2.29. The first-order valence-electron chi connectivity index (χ1n) is 5.92. The Morgan fingerprint density at radius 1 is 1.55 bits per heavy atom. The largest absolute Gasteiger partial charge is 0.507 e. The Balaban J connectivity index is 2.29. The molecule has 0 spiro atoms. The van der Waals surface area contributed by atoms with Gasteiger partial charge in [0.1, 0.15) is 11.6 Å². The zero-order chi connectivity index (χ0) is 14.7. The van der Waals surface area contributed by atoms with E-state index in [1.54, 1.807) is 48.7 Å². The molecule has 5 nitrogen and oxygen atoms in total. The van der Waals surface area contributed by atoms with E-state index in [4.69, 9.17) is 5.73 Å². The molecule has 0 atom stereocenters. The van der Waals surface area contributed by atoms with Gasteiger partial charge in [-0.3, -0.25) is 0 Å². The number of hydrogen-bond donors (Lipinski definition) is 4. The molecule has 20 heavy (non-hydrogen) atoms. The maximum atomic E-state index is 9.89. The first kappa shape index (κ1) is 14.1. The molecule has 0 radical (unpaired) electrons. The van der Waals surface area contributed by atoms with Gasteiger partial charge in [-0.05, 0) is 18.2 Å². The second-order valence-electron chi connectivity index (χ2n) is 4.17. The van der Waals surface area contributed by atoms with Crippen molar-refractivity contribution in [3.63, 3.8) is 0 Å². The SMILES string of the molecule is C=C1C(NC)=NC=CN1/C=C(\N)c1ccc(S)cc1O. The van der Waals surface area contributed by atoms with Crippen LogP contribution in [0, 0.1) is 0 Å². The number of thiol groups is 1. The van der Waals surface area contributed by atoms with E-state index in [9.17, 15) is 5.11 Å². The molecule has 0 saturated carbocycles. The molecule has 1 aliphatic heterocycles. The van der Waals surface area contributed by atoms with Gasteiger partial charge < -0.3 is 21.1 Å². The molecule has 0 saturated heterocycles. The van der Waals surface area contributed by atoms with Crippen LogP contribution in [0.1, 0.15) is 5.56 Å². The average Bonchev–Trinajstić information content (AvgIpc) is 2.41. The van der Waals surface area contributed by atoms with Crippen LogP contribution in [-0.2, 0) is 0 Å². The number of likely N-dealkylation sites (N-methyl/N-ethyl adjacent to an activating group) is 1. The average molecular weight is 288 g/mol. The van der Waals surface area contributed by atoms with Gasteiger partial charge in [0.05, 0.1) is 11.4 Å². The third-order valence-corrected chi connectivity index (χ3v) is 3.10. The first-order chi connectivity index (χ1) is 9.52. The lowest BCUT2D eigenvalue weighted by Gasteiger charge is -2.23. The van der Waals surface area contributed by atoms with E-state index >= 15 is 0 Å². The van der Waals surface area contributed by atoms with E-state index in [0.717, 1.165) is 0 Å². The van der Waals surface area contributed by atoms with Crippen LogP contribution in [0.2, 0.25) is 0 Å². The van der Waals surface area contributed by atoms with Crippen LogP contribution < -0.4 is 11.1 Å². The number of aliphatic imine (C=N–C) groups is 1. The standard InChI is InChI=1S/C14H16N4OS/c1-9-14(16-2)17-5-6-18(9)8-12(15)11-4-3-10(20)7-13(11)19/h3-8,19-20H,1,15H2,2H3,(H,16,17)/b12-8-. The summed E-state index contributed by atoms with van der Waals surface area (Å²) in [5.74, 6) is 0.742. The molecule has 1 aliphatic rings. The Hall–Kier alpha value is -2.34. The normalized spacial score (nSPS) is 15.3. The van der Waals surface area contributed by atoms with Crippen molar-refractivity contribution in [3.8, 4) is 5.75 Å². The third-order valence-electron chi connectivity index (χ3n) is 2.82. The molecule has 1 heterocycles. The van der Waals surface area contributed by atoms with Crippen molar-refractivity contribution in [1.82, 2.24) is 10.2 Å².